The van der Waals surface area contributed by atoms with Crippen LogP contribution in [0.1, 0.15) is 130 Å². The number of aliphatic hydroxyl groups is 3. The molecule has 0 amide bonds. The zero-order valence-corrected chi connectivity index (χ0v) is 37.7. The molecule has 0 spiro atoms. The summed E-state index contributed by atoms with van der Waals surface area (Å²) in [6.45, 7) is 3.63. The Hall–Kier alpha value is -2.52. The van der Waals surface area contributed by atoms with Gasteiger partial charge >= 0.3 is 27.6 Å². The van der Waals surface area contributed by atoms with Crippen molar-refractivity contribution in [3.05, 3.63) is 72.9 Å². The number of phosphoric acid groups is 2. The van der Waals surface area contributed by atoms with Gasteiger partial charge in [0, 0.05) is 12.8 Å². The zero-order chi connectivity index (χ0) is 44.9. The number of allylic oxidation sites excluding steroid dienone is 8. The van der Waals surface area contributed by atoms with Crippen molar-refractivity contribution in [2.75, 3.05) is 26.4 Å². The van der Waals surface area contributed by atoms with Gasteiger partial charge in [-0.3, -0.25) is 23.2 Å². The lowest BCUT2D eigenvalue weighted by Gasteiger charge is -2.20. The Balaban J connectivity index is 4.76. The van der Waals surface area contributed by atoms with Gasteiger partial charge in [-0.05, 0) is 44.4 Å². The van der Waals surface area contributed by atoms with Gasteiger partial charge in [-0.2, -0.15) is 0 Å². The van der Waals surface area contributed by atoms with Crippen LogP contribution in [-0.4, -0.2) is 92.8 Å². The van der Waals surface area contributed by atoms with Crippen LogP contribution in [0.15, 0.2) is 72.9 Å². The maximum absolute atomic E-state index is 12.6. The van der Waals surface area contributed by atoms with Gasteiger partial charge in [0.25, 0.3) is 0 Å². The number of esters is 2. The minimum absolute atomic E-state index is 0.0108. The van der Waals surface area contributed by atoms with E-state index < -0.39 is 78.4 Å². The van der Waals surface area contributed by atoms with E-state index in [9.17, 15) is 38.9 Å². The predicted octanol–water partition coefficient (Wildman–Crippen LogP) is 8.41. The van der Waals surface area contributed by atoms with Gasteiger partial charge in [-0.25, -0.2) is 9.13 Å². The van der Waals surface area contributed by atoms with Crippen LogP contribution in [0.5, 0.6) is 0 Å². The molecule has 2 unspecified atom stereocenters. The van der Waals surface area contributed by atoms with Gasteiger partial charge in [0.15, 0.2) is 6.10 Å². The van der Waals surface area contributed by atoms with Crippen LogP contribution in [0, 0.1) is 5.92 Å². The summed E-state index contributed by atoms with van der Waals surface area (Å²) in [5.41, 5.74) is 0. The average molecular weight is 893 g/mol. The van der Waals surface area contributed by atoms with E-state index >= 15 is 0 Å². The van der Waals surface area contributed by atoms with Crippen molar-refractivity contribution in [3.8, 4) is 0 Å². The molecule has 0 aromatic carbocycles. The van der Waals surface area contributed by atoms with Crippen molar-refractivity contribution in [3.63, 3.8) is 0 Å². The fourth-order valence-corrected chi connectivity index (χ4v) is 6.33. The minimum atomic E-state index is -4.88. The SMILES string of the molecule is CC/C=C\C[C@@H](O)/C=C/C=C\C=C\[C@@H](O)C/C=C\C/C=C\CCC(=O)OC[C@H](COP(=O)(O)OC[C@@H](O)COP(=O)(O)O)OC(=O)CCCCCCCCCCC(C)CC. The average Bonchev–Trinajstić information content (AvgIpc) is 3.19. The molecule has 60 heavy (non-hydrogen) atoms. The Labute approximate surface area is 358 Å². The van der Waals surface area contributed by atoms with Crippen LogP contribution in [0.2, 0.25) is 0 Å². The molecule has 0 rings (SSSR count). The topological polar surface area (TPSA) is 236 Å². The quantitative estimate of drug-likeness (QED) is 0.0112. The lowest BCUT2D eigenvalue weighted by molar-refractivity contribution is -0.161. The highest BCUT2D eigenvalue weighted by molar-refractivity contribution is 7.47. The van der Waals surface area contributed by atoms with E-state index in [1.54, 1.807) is 42.5 Å². The summed E-state index contributed by atoms with van der Waals surface area (Å²) in [7, 11) is -9.73. The smallest absolute Gasteiger partial charge is 0.462 e. The Bertz CT molecular complexity index is 1390. The minimum Gasteiger partial charge on any atom is -0.462 e. The second-order valence-corrected chi connectivity index (χ2v) is 17.2. The van der Waals surface area contributed by atoms with Crippen molar-refractivity contribution in [1.82, 2.24) is 0 Å². The summed E-state index contributed by atoms with van der Waals surface area (Å²) < 4.78 is 47.6. The molecule has 0 aliphatic rings. The largest absolute Gasteiger partial charge is 0.472 e. The van der Waals surface area contributed by atoms with Crippen molar-refractivity contribution in [2.24, 2.45) is 5.92 Å². The highest BCUT2D eigenvalue weighted by atomic mass is 31.2. The second kappa shape index (κ2) is 37.1. The van der Waals surface area contributed by atoms with Crippen LogP contribution in [0.4, 0.5) is 0 Å². The molecular formula is C43H74O15P2. The number of unbranched alkanes of at least 4 members (excludes halogenated alkanes) is 7. The lowest BCUT2D eigenvalue weighted by atomic mass is 9.99. The summed E-state index contributed by atoms with van der Waals surface area (Å²) in [6, 6.07) is 0. The Morgan fingerprint density at radius 2 is 1.17 bits per heavy atom. The molecule has 0 radical (unpaired) electrons. The van der Waals surface area contributed by atoms with Crippen LogP contribution in [0.3, 0.4) is 0 Å². The molecule has 0 heterocycles. The Morgan fingerprint density at radius 3 is 1.77 bits per heavy atom. The summed E-state index contributed by atoms with van der Waals surface area (Å²) >= 11 is 0. The van der Waals surface area contributed by atoms with E-state index in [1.807, 2.05) is 37.3 Å². The molecule has 0 aliphatic heterocycles. The first-order valence-corrected chi connectivity index (χ1v) is 24.3. The number of phosphoric ester groups is 2. The van der Waals surface area contributed by atoms with Crippen molar-refractivity contribution < 1.29 is 71.8 Å². The molecule has 0 aliphatic carbocycles. The third-order valence-corrected chi connectivity index (χ3v) is 10.3. The Morgan fingerprint density at radius 1 is 0.617 bits per heavy atom. The van der Waals surface area contributed by atoms with Crippen molar-refractivity contribution in [2.45, 2.75) is 154 Å². The third kappa shape index (κ3) is 39.6. The van der Waals surface area contributed by atoms with E-state index in [1.165, 1.54) is 32.1 Å². The first kappa shape index (κ1) is 57.5. The van der Waals surface area contributed by atoms with Gasteiger partial charge in [0.05, 0.1) is 32.0 Å². The summed E-state index contributed by atoms with van der Waals surface area (Å²) in [5.74, 6) is -0.435. The molecule has 346 valence electrons. The van der Waals surface area contributed by atoms with E-state index in [0.717, 1.165) is 38.0 Å². The maximum atomic E-state index is 12.6. The van der Waals surface area contributed by atoms with Crippen molar-refractivity contribution in [1.29, 1.82) is 0 Å². The van der Waals surface area contributed by atoms with E-state index in [0.29, 0.717) is 32.1 Å². The van der Waals surface area contributed by atoms with Crippen LogP contribution < -0.4 is 0 Å². The fourth-order valence-electron chi connectivity index (χ4n) is 5.17. The van der Waals surface area contributed by atoms with Gasteiger partial charge in [-0.1, -0.05) is 151 Å². The number of carbonyl (C=O) groups is 2. The van der Waals surface area contributed by atoms with E-state index in [-0.39, 0.29) is 12.8 Å². The number of carbonyl (C=O) groups excluding carboxylic acids is 2. The molecule has 0 bridgehead atoms. The van der Waals surface area contributed by atoms with Crippen LogP contribution in [0.25, 0.3) is 0 Å². The number of hydrogen-bond donors (Lipinski definition) is 6. The highest BCUT2D eigenvalue weighted by Crippen LogP contribution is 2.43. The molecule has 0 fully saturated rings. The number of aliphatic hydroxyl groups excluding tert-OH is 3. The first-order chi connectivity index (χ1) is 28.6. The molecule has 0 aromatic rings. The number of hydrogen-bond acceptors (Lipinski definition) is 12. The standard InChI is InChI=1S/C43H74O15P2/c1-4-6-19-27-38(44)29-22-17-18-23-30-39(45)28-21-14-11-12-15-24-31-42(47)54-35-41(36-57-60(52,53)56-34-40(46)33-55-59(49,50)51)58-43(48)32-25-16-10-8-7-9-13-20-26-37(3)5-2/h6,12,14-15,17-19,21-23,29-30,37-41,44-46H,4-5,7-11,13,16,20,24-28,31-36H2,1-3H3,(H,52,53)(H2,49,50,51)/b15-12-,18-17-,19-6-,21-14-,29-22+,30-23+/t37?,38-,39+,40+,41-/m1/s1. The van der Waals surface area contributed by atoms with E-state index in [4.69, 9.17) is 23.8 Å². The van der Waals surface area contributed by atoms with Gasteiger partial charge in [0.2, 0.25) is 0 Å². The molecule has 6 N–H and O–H groups in total. The third-order valence-electron chi connectivity index (χ3n) is 8.82. The summed E-state index contributed by atoms with van der Waals surface area (Å²) in [4.78, 5) is 52.6. The molecule has 15 nitrogen and oxygen atoms in total. The van der Waals surface area contributed by atoms with E-state index in [2.05, 4.69) is 22.9 Å². The molecule has 17 heteroatoms. The zero-order valence-electron chi connectivity index (χ0n) is 35.9. The monoisotopic (exact) mass is 892 g/mol. The molecular weight excluding hydrogens is 818 g/mol. The summed E-state index contributed by atoms with van der Waals surface area (Å²) in [6.07, 6.45) is 31.3. The normalized spacial score (nSPS) is 16.4. The van der Waals surface area contributed by atoms with Gasteiger partial charge in [-0.15, -0.1) is 0 Å². The molecule has 0 saturated heterocycles. The van der Waals surface area contributed by atoms with Gasteiger partial charge < -0.3 is 39.5 Å². The second-order valence-electron chi connectivity index (χ2n) is 14.5. The Kier molecular flexibility index (Phi) is 35.5. The molecule has 0 aromatic heterocycles. The predicted molar refractivity (Wildman–Crippen MR) is 232 cm³/mol. The first-order valence-electron chi connectivity index (χ1n) is 21.2. The van der Waals surface area contributed by atoms with Crippen LogP contribution >= 0.6 is 15.6 Å². The maximum Gasteiger partial charge on any atom is 0.472 e. The molecule has 0 saturated carbocycles. The lowest BCUT2D eigenvalue weighted by Crippen LogP contribution is -2.29. The fraction of sp³-hybridized carbons (Fsp3) is 0.674. The van der Waals surface area contributed by atoms with Crippen molar-refractivity contribution >= 4 is 27.6 Å². The van der Waals surface area contributed by atoms with Gasteiger partial charge in [0.1, 0.15) is 12.7 Å². The van der Waals surface area contributed by atoms with Crippen LogP contribution in [-0.2, 0) is 41.8 Å². The summed E-state index contributed by atoms with van der Waals surface area (Å²) in [5, 5.41) is 29.7. The highest BCUT2D eigenvalue weighted by Gasteiger charge is 2.28. The molecule has 6 atom stereocenters. The number of rotatable bonds is 38. The number of ether oxygens (including phenoxy) is 2.